The van der Waals surface area contributed by atoms with Crippen molar-refractivity contribution in [2.24, 2.45) is 5.92 Å². The molecular formula is C11H14O3. The minimum atomic E-state index is -0.135. The second-order valence-corrected chi connectivity index (χ2v) is 4.24. The summed E-state index contributed by atoms with van der Waals surface area (Å²) in [6, 6.07) is 0. The normalized spacial score (nSPS) is 37.0. The summed E-state index contributed by atoms with van der Waals surface area (Å²) >= 11 is 0. The van der Waals surface area contributed by atoms with Gasteiger partial charge in [0.15, 0.2) is 12.1 Å². The molecule has 1 aliphatic carbocycles. The summed E-state index contributed by atoms with van der Waals surface area (Å²) in [6.45, 7) is 1.39. The molecule has 0 unspecified atom stereocenters. The quantitative estimate of drug-likeness (QED) is 0.585. The maximum atomic E-state index is 11.7. The lowest BCUT2D eigenvalue weighted by molar-refractivity contribution is -0.187. The van der Waals surface area contributed by atoms with Gasteiger partial charge in [-0.05, 0) is 24.8 Å². The number of ether oxygens (including phenoxy) is 2. The third-order valence-corrected chi connectivity index (χ3v) is 3.40. The third kappa shape index (κ3) is 1.16. The van der Waals surface area contributed by atoms with Crippen LogP contribution in [0.25, 0.3) is 0 Å². The van der Waals surface area contributed by atoms with Crippen LogP contribution in [0.15, 0.2) is 11.1 Å². The lowest BCUT2D eigenvalue weighted by Crippen LogP contribution is -2.38. The van der Waals surface area contributed by atoms with E-state index in [0.717, 1.165) is 31.4 Å². The maximum Gasteiger partial charge on any atom is 0.164 e. The van der Waals surface area contributed by atoms with Gasteiger partial charge in [-0.25, -0.2) is 0 Å². The number of ketones is 1. The molecule has 0 aromatic heterocycles. The zero-order valence-corrected chi connectivity index (χ0v) is 8.12. The lowest BCUT2D eigenvalue weighted by Gasteiger charge is -2.35. The fraction of sp³-hybridized carbons (Fsp3) is 0.727. The van der Waals surface area contributed by atoms with Gasteiger partial charge in [-0.3, -0.25) is 4.79 Å². The van der Waals surface area contributed by atoms with Crippen molar-refractivity contribution >= 4 is 5.78 Å². The van der Waals surface area contributed by atoms with E-state index in [1.165, 1.54) is 5.57 Å². The van der Waals surface area contributed by atoms with Crippen molar-refractivity contribution < 1.29 is 14.3 Å². The van der Waals surface area contributed by atoms with Crippen LogP contribution in [0, 0.1) is 5.92 Å². The first-order chi connectivity index (χ1) is 6.86. The SMILES string of the molecule is O=C1CCC2=C1[C@@H]1CCCO[C@@H]1OC2. The Morgan fingerprint density at radius 2 is 2.14 bits per heavy atom. The van der Waals surface area contributed by atoms with Crippen LogP contribution in [0.5, 0.6) is 0 Å². The number of Topliss-reactive ketones (excluding diaryl/α,β-unsaturated/α-hetero) is 1. The van der Waals surface area contributed by atoms with Gasteiger partial charge in [0.2, 0.25) is 0 Å². The number of rotatable bonds is 0. The van der Waals surface area contributed by atoms with Gasteiger partial charge in [0.25, 0.3) is 0 Å². The average Bonchev–Trinajstić information content (AvgIpc) is 2.61. The molecule has 0 radical (unpaired) electrons. The molecule has 3 aliphatic rings. The van der Waals surface area contributed by atoms with Crippen LogP contribution < -0.4 is 0 Å². The predicted octanol–water partition coefficient (Wildman–Crippen LogP) is 1.43. The molecular weight excluding hydrogens is 180 g/mol. The first-order valence-corrected chi connectivity index (χ1v) is 5.34. The largest absolute Gasteiger partial charge is 0.352 e. The zero-order valence-electron chi connectivity index (χ0n) is 8.12. The van der Waals surface area contributed by atoms with Crippen molar-refractivity contribution in [3.63, 3.8) is 0 Å². The van der Waals surface area contributed by atoms with E-state index in [9.17, 15) is 4.79 Å². The summed E-state index contributed by atoms with van der Waals surface area (Å²) in [6.07, 6.45) is 3.57. The second kappa shape index (κ2) is 3.17. The van der Waals surface area contributed by atoms with Crippen LogP contribution >= 0.6 is 0 Å². The standard InChI is InChI=1S/C11H14O3/c12-9-4-3-7-6-14-11-8(10(7)9)2-1-5-13-11/h8,11H,1-6H2/t8-,11+/m0/s1. The molecule has 0 N–H and O–H groups in total. The molecule has 3 heteroatoms. The molecule has 0 amide bonds. The lowest BCUT2D eigenvalue weighted by atomic mass is 9.87. The highest BCUT2D eigenvalue weighted by atomic mass is 16.7. The molecule has 0 aromatic carbocycles. The van der Waals surface area contributed by atoms with Gasteiger partial charge in [-0.15, -0.1) is 0 Å². The smallest absolute Gasteiger partial charge is 0.164 e. The first-order valence-electron chi connectivity index (χ1n) is 5.34. The molecule has 2 aliphatic heterocycles. The second-order valence-electron chi connectivity index (χ2n) is 4.24. The van der Waals surface area contributed by atoms with Crippen LogP contribution in [0.1, 0.15) is 25.7 Å². The molecule has 3 rings (SSSR count). The molecule has 1 saturated heterocycles. The zero-order chi connectivity index (χ0) is 9.54. The van der Waals surface area contributed by atoms with Gasteiger partial charge in [0.1, 0.15) is 0 Å². The number of hydrogen-bond donors (Lipinski definition) is 0. The van der Waals surface area contributed by atoms with Crippen molar-refractivity contribution in [2.45, 2.75) is 32.0 Å². The topological polar surface area (TPSA) is 35.5 Å². The Labute approximate surface area is 83.1 Å². The van der Waals surface area contributed by atoms with Gasteiger partial charge in [-0.1, -0.05) is 0 Å². The van der Waals surface area contributed by atoms with E-state index in [4.69, 9.17) is 9.47 Å². The number of carbonyl (C=O) groups excluding carboxylic acids is 1. The van der Waals surface area contributed by atoms with E-state index >= 15 is 0 Å². The van der Waals surface area contributed by atoms with Crippen molar-refractivity contribution in [3.8, 4) is 0 Å². The molecule has 14 heavy (non-hydrogen) atoms. The molecule has 1 fully saturated rings. The highest BCUT2D eigenvalue weighted by molar-refractivity contribution is 5.99. The van der Waals surface area contributed by atoms with Crippen LogP contribution in [0.2, 0.25) is 0 Å². The summed E-state index contributed by atoms with van der Waals surface area (Å²) in [7, 11) is 0. The Morgan fingerprint density at radius 3 is 3.07 bits per heavy atom. The van der Waals surface area contributed by atoms with E-state index in [0.29, 0.717) is 18.8 Å². The molecule has 2 heterocycles. The number of fused-ring (bicyclic) bond motifs is 2. The minimum Gasteiger partial charge on any atom is -0.352 e. The van der Waals surface area contributed by atoms with Gasteiger partial charge in [0, 0.05) is 24.5 Å². The third-order valence-electron chi connectivity index (χ3n) is 3.40. The Hall–Kier alpha value is -0.670. The summed E-state index contributed by atoms with van der Waals surface area (Å²) < 4.78 is 11.1. The Balaban J connectivity index is 1.94. The summed E-state index contributed by atoms with van der Waals surface area (Å²) in [5, 5.41) is 0. The van der Waals surface area contributed by atoms with Crippen molar-refractivity contribution in [3.05, 3.63) is 11.1 Å². The molecule has 0 aromatic rings. The molecule has 2 atom stereocenters. The van der Waals surface area contributed by atoms with Gasteiger partial charge < -0.3 is 9.47 Å². The first kappa shape index (κ1) is 8.62. The van der Waals surface area contributed by atoms with Crippen LogP contribution in [0.3, 0.4) is 0 Å². The monoisotopic (exact) mass is 194 g/mol. The Bertz CT molecular complexity index is 306. The summed E-state index contributed by atoms with van der Waals surface area (Å²) in [5.74, 6) is 0.575. The Kier molecular flexibility index (Phi) is 1.96. The van der Waals surface area contributed by atoms with Gasteiger partial charge in [-0.2, -0.15) is 0 Å². The van der Waals surface area contributed by atoms with Gasteiger partial charge in [0.05, 0.1) is 6.61 Å². The highest BCUT2D eigenvalue weighted by Gasteiger charge is 2.40. The molecule has 0 saturated carbocycles. The van der Waals surface area contributed by atoms with Crippen molar-refractivity contribution in [2.75, 3.05) is 13.2 Å². The fourth-order valence-corrected chi connectivity index (χ4v) is 2.73. The van der Waals surface area contributed by atoms with E-state index in [2.05, 4.69) is 0 Å². The highest BCUT2D eigenvalue weighted by Crippen LogP contribution is 2.40. The van der Waals surface area contributed by atoms with E-state index in [1.54, 1.807) is 0 Å². The molecule has 0 spiro atoms. The van der Waals surface area contributed by atoms with Crippen LogP contribution in [-0.4, -0.2) is 25.3 Å². The van der Waals surface area contributed by atoms with Gasteiger partial charge >= 0.3 is 0 Å². The number of hydrogen-bond acceptors (Lipinski definition) is 3. The van der Waals surface area contributed by atoms with E-state index in [-0.39, 0.29) is 12.2 Å². The van der Waals surface area contributed by atoms with Crippen LogP contribution in [-0.2, 0) is 14.3 Å². The van der Waals surface area contributed by atoms with Crippen LogP contribution in [0.4, 0.5) is 0 Å². The fourth-order valence-electron chi connectivity index (χ4n) is 2.73. The number of carbonyl (C=O) groups is 1. The summed E-state index contributed by atoms with van der Waals surface area (Å²) in [4.78, 5) is 11.7. The van der Waals surface area contributed by atoms with E-state index in [1.807, 2.05) is 0 Å². The molecule has 76 valence electrons. The van der Waals surface area contributed by atoms with Crippen molar-refractivity contribution in [1.82, 2.24) is 0 Å². The molecule has 3 nitrogen and oxygen atoms in total. The average molecular weight is 194 g/mol. The van der Waals surface area contributed by atoms with Crippen molar-refractivity contribution in [1.29, 1.82) is 0 Å². The maximum absolute atomic E-state index is 11.7. The minimum absolute atomic E-state index is 0.135. The van der Waals surface area contributed by atoms with E-state index < -0.39 is 0 Å². The Morgan fingerprint density at radius 1 is 1.21 bits per heavy atom. The summed E-state index contributed by atoms with van der Waals surface area (Å²) in [5.41, 5.74) is 2.29. The molecule has 0 bridgehead atoms. The predicted molar refractivity (Wildman–Crippen MR) is 49.7 cm³/mol.